The number of halogens is 1. The van der Waals surface area contributed by atoms with E-state index in [0.717, 1.165) is 12.0 Å². The van der Waals surface area contributed by atoms with E-state index in [0.29, 0.717) is 17.4 Å². The lowest BCUT2D eigenvalue weighted by atomic mass is 10.0. The molecular weight excluding hydrogens is 302 g/mol. The van der Waals surface area contributed by atoms with Crippen molar-refractivity contribution < 1.29 is 14.3 Å². The zero-order valence-electron chi connectivity index (χ0n) is 13.1. The van der Waals surface area contributed by atoms with Crippen molar-refractivity contribution in [1.29, 1.82) is 0 Å². The van der Waals surface area contributed by atoms with Crippen molar-refractivity contribution in [2.45, 2.75) is 38.6 Å². The summed E-state index contributed by atoms with van der Waals surface area (Å²) in [6, 6.07) is 7.00. The molecule has 1 aliphatic rings. The van der Waals surface area contributed by atoms with E-state index in [1.54, 1.807) is 0 Å². The van der Waals surface area contributed by atoms with Gasteiger partial charge >= 0.3 is 5.97 Å². The minimum absolute atomic E-state index is 0.0690. The largest absolute Gasteiger partial charge is 0.467 e. The number of nitrogens with one attached hydrogen (secondary N) is 1. The molecule has 2 rings (SSSR count). The fourth-order valence-corrected chi connectivity index (χ4v) is 2.80. The molecule has 0 spiro atoms. The van der Waals surface area contributed by atoms with E-state index in [9.17, 15) is 9.59 Å². The van der Waals surface area contributed by atoms with Gasteiger partial charge in [0.05, 0.1) is 7.11 Å². The van der Waals surface area contributed by atoms with Gasteiger partial charge in [0, 0.05) is 10.9 Å². The molecule has 1 fully saturated rings. The molecule has 0 aromatic heterocycles. The third-order valence-electron chi connectivity index (χ3n) is 3.93. The summed E-state index contributed by atoms with van der Waals surface area (Å²) in [7, 11) is 1.34. The van der Waals surface area contributed by atoms with E-state index in [1.165, 1.54) is 7.11 Å². The van der Waals surface area contributed by atoms with Crippen LogP contribution in [0.5, 0.6) is 0 Å². The summed E-state index contributed by atoms with van der Waals surface area (Å²) in [6.07, 6.45) is 1.39. The summed E-state index contributed by atoms with van der Waals surface area (Å²) in [4.78, 5) is 24.1. The maximum atomic E-state index is 12.3. The molecule has 1 amide bonds. The molecule has 1 saturated carbocycles. The Balaban J connectivity index is 1.94. The first kappa shape index (κ1) is 16.8. The second-order valence-electron chi connectivity index (χ2n) is 6.21. The van der Waals surface area contributed by atoms with Crippen molar-refractivity contribution >= 4 is 23.5 Å². The van der Waals surface area contributed by atoms with Gasteiger partial charge < -0.3 is 10.1 Å². The summed E-state index contributed by atoms with van der Waals surface area (Å²) in [6.45, 7) is 4.02. The highest BCUT2D eigenvalue weighted by Crippen LogP contribution is 2.47. The number of ether oxygens (including phenoxy) is 1. The molecule has 3 unspecified atom stereocenters. The van der Waals surface area contributed by atoms with Crippen molar-refractivity contribution in [2.75, 3.05) is 7.11 Å². The number of hydrogen-bond donors (Lipinski definition) is 1. The molecule has 4 nitrogen and oxygen atoms in total. The van der Waals surface area contributed by atoms with Crippen molar-refractivity contribution in [3.63, 3.8) is 0 Å². The van der Waals surface area contributed by atoms with Crippen LogP contribution in [-0.2, 0) is 14.3 Å². The normalized spacial score (nSPS) is 21.3. The first-order valence-electron chi connectivity index (χ1n) is 7.56. The minimum Gasteiger partial charge on any atom is -0.467 e. The van der Waals surface area contributed by atoms with Gasteiger partial charge in [0.2, 0.25) is 5.91 Å². The van der Waals surface area contributed by atoms with Crippen molar-refractivity contribution in [3.05, 3.63) is 34.9 Å². The molecule has 1 aliphatic carbocycles. The Hall–Kier alpha value is -1.55. The van der Waals surface area contributed by atoms with Crippen molar-refractivity contribution in [1.82, 2.24) is 5.32 Å². The first-order valence-corrected chi connectivity index (χ1v) is 7.93. The number of carbonyl (C=O) groups is 2. The molecule has 0 saturated heterocycles. The van der Waals surface area contributed by atoms with Gasteiger partial charge in [-0.25, -0.2) is 4.79 Å². The number of esters is 1. The van der Waals surface area contributed by atoms with E-state index in [4.69, 9.17) is 16.3 Å². The van der Waals surface area contributed by atoms with Gasteiger partial charge in [-0.1, -0.05) is 37.6 Å². The highest BCUT2D eigenvalue weighted by Gasteiger charge is 2.44. The van der Waals surface area contributed by atoms with Crippen LogP contribution in [0, 0.1) is 11.8 Å². The van der Waals surface area contributed by atoms with Gasteiger partial charge in [0.25, 0.3) is 0 Å². The molecular formula is C17H22ClNO3. The molecule has 0 heterocycles. The number of benzene rings is 1. The Morgan fingerprint density at radius 1 is 1.32 bits per heavy atom. The Morgan fingerprint density at radius 2 is 1.95 bits per heavy atom. The maximum absolute atomic E-state index is 12.3. The van der Waals surface area contributed by atoms with Gasteiger partial charge in [0.15, 0.2) is 0 Å². The molecule has 3 atom stereocenters. The zero-order chi connectivity index (χ0) is 16.3. The molecule has 0 aliphatic heterocycles. The van der Waals surface area contributed by atoms with Gasteiger partial charge in [-0.2, -0.15) is 0 Å². The van der Waals surface area contributed by atoms with E-state index in [1.807, 2.05) is 38.1 Å². The Bertz CT molecular complexity index is 541. The Labute approximate surface area is 136 Å². The average molecular weight is 324 g/mol. The molecule has 1 aromatic carbocycles. The molecule has 0 radical (unpaired) electrons. The Morgan fingerprint density at radius 3 is 2.50 bits per heavy atom. The van der Waals surface area contributed by atoms with Crippen LogP contribution in [0.1, 0.15) is 38.2 Å². The number of carbonyl (C=O) groups excluding carboxylic acids is 2. The third kappa shape index (κ3) is 4.23. The molecule has 120 valence electrons. The second-order valence-corrected chi connectivity index (χ2v) is 6.65. The molecule has 1 aromatic rings. The fraction of sp³-hybridized carbons (Fsp3) is 0.529. The monoisotopic (exact) mass is 323 g/mol. The Kier molecular flexibility index (Phi) is 5.46. The predicted octanol–water partition coefficient (Wildman–Crippen LogP) is 3.15. The molecule has 0 bridgehead atoms. The van der Waals surface area contributed by atoms with Crippen LogP contribution >= 0.6 is 11.6 Å². The van der Waals surface area contributed by atoms with E-state index < -0.39 is 6.04 Å². The van der Waals surface area contributed by atoms with Crippen molar-refractivity contribution in [2.24, 2.45) is 11.8 Å². The molecule has 1 N–H and O–H groups in total. The lowest BCUT2D eigenvalue weighted by Gasteiger charge is -2.18. The summed E-state index contributed by atoms with van der Waals surface area (Å²) >= 11 is 5.87. The summed E-state index contributed by atoms with van der Waals surface area (Å²) in [5.74, 6) is -0.00693. The average Bonchev–Trinajstić information content (AvgIpc) is 3.26. The van der Waals surface area contributed by atoms with E-state index in [-0.39, 0.29) is 23.7 Å². The van der Waals surface area contributed by atoms with Gasteiger partial charge in [-0.05, 0) is 42.4 Å². The van der Waals surface area contributed by atoms with Crippen LogP contribution in [0.4, 0.5) is 0 Å². The topological polar surface area (TPSA) is 55.4 Å². The summed E-state index contributed by atoms with van der Waals surface area (Å²) < 4.78 is 4.77. The van der Waals surface area contributed by atoms with Gasteiger partial charge in [-0.15, -0.1) is 0 Å². The number of hydrogen-bond acceptors (Lipinski definition) is 3. The second kappa shape index (κ2) is 7.14. The highest BCUT2D eigenvalue weighted by molar-refractivity contribution is 6.30. The van der Waals surface area contributed by atoms with Crippen LogP contribution in [0.2, 0.25) is 5.02 Å². The van der Waals surface area contributed by atoms with Crippen LogP contribution in [-0.4, -0.2) is 25.0 Å². The standard InChI is InChI=1S/C17H22ClNO3/c1-10(2)8-15(17(21)22-3)19-16(20)14-9-13(14)11-4-6-12(18)7-5-11/h4-7,10,13-15H,8-9H2,1-3H3,(H,19,20). The predicted molar refractivity (Wildman–Crippen MR) is 85.7 cm³/mol. The highest BCUT2D eigenvalue weighted by atomic mass is 35.5. The lowest BCUT2D eigenvalue weighted by Crippen LogP contribution is -2.43. The first-order chi connectivity index (χ1) is 10.4. The number of methoxy groups -OCH3 is 1. The van der Waals surface area contributed by atoms with E-state index >= 15 is 0 Å². The maximum Gasteiger partial charge on any atom is 0.328 e. The zero-order valence-corrected chi connectivity index (χ0v) is 13.9. The van der Waals surface area contributed by atoms with E-state index in [2.05, 4.69) is 5.32 Å². The lowest BCUT2D eigenvalue weighted by molar-refractivity contribution is -0.145. The smallest absolute Gasteiger partial charge is 0.328 e. The van der Waals surface area contributed by atoms with Crippen LogP contribution < -0.4 is 5.32 Å². The van der Waals surface area contributed by atoms with Crippen LogP contribution in [0.25, 0.3) is 0 Å². The summed E-state index contributed by atoms with van der Waals surface area (Å²) in [5.41, 5.74) is 1.11. The van der Waals surface area contributed by atoms with Crippen LogP contribution in [0.15, 0.2) is 24.3 Å². The van der Waals surface area contributed by atoms with Gasteiger partial charge in [0.1, 0.15) is 6.04 Å². The molecule has 22 heavy (non-hydrogen) atoms. The number of rotatable bonds is 6. The quantitative estimate of drug-likeness (QED) is 0.818. The fourth-order valence-electron chi connectivity index (χ4n) is 2.67. The van der Waals surface area contributed by atoms with Crippen molar-refractivity contribution in [3.8, 4) is 0 Å². The number of amides is 1. The van der Waals surface area contributed by atoms with Crippen LogP contribution in [0.3, 0.4) is 0 Å². The SMILES string of the molecule is COC(=O)C(CC(C)C)NC(=O)C1CC1c1ccc(Cl)cc1. The molecule has 5 heteroatoms. The summed E-state index contributed by atoms with van der Waals surface area (Å²) in [5, 5.41) is 3.52. The minimum atomic E-state index is -0.566. The third-order valence-corrected chi connectivity index (χ3v) is 4.19. The van der Waals surface area contributed by atoms with Gasteiger partial charge in [-0.3, -0.25) is 4.79 Å².